The highest BCUT2D eigenvalue weighted by molar-refractivity contribution is 6.74. The third-order valence-electron chi connectivity index (χ3n) is 3.93. The molecule has 4 nitrogen and oxygen atoms in total. The van der Waals surface area contributed by atoms with Crippen molar-refractivity contribution in [1.29, 1.82) is 0 Å². The molecule has 1 atom stereocenters. The van der Waals surface area contributed by atoms with E-state index in [2.05, 4.69) is 33.9 Å². The molecule has 0 aromatic heterocycles. The van der Waals surface area contributed by atoms with Gasteiger partial charge >= 0.3 is 0 Å². The summed E-state index contributed by atoms with van der Waals surface area (Å²) in [6, 6.07) is 0. The van der Waals surface area contributed by atoms with Crippen molar-refractivity contribution in [2.45, 2.75) is 45.3 Å². The van der Waals surface area contributed by atoms with Crippen LogP contribution in [0.2, 0.25) is 18.1 Å². The normalized spacial score (nSPS) is 22.5. The Kier molecular flexibility index (Phi) is 3.83. The first-order valence-corrected chi connectivity index (χ1v) is 8.91. The molecule has 2 amide bonds. The average molecular weight is 257 g/mol. The third kappa shape index (κ3) is 2.96. The number of nitrogens with zero attached hydrogens (tertiary/aromatic N) is 1. The first kappa shape index (κ1) is 14.4. The molecule has 5 heteroatoms. The predicted octanol–water partition coefficient (Wildman–Crippen LogP) is 2.01. The smallest absolute Gasteiger partial charge is 0.234 e. The Morgan fingerprint density at radius 2 is 1.88 bits per heavy atom. The van der Waals surface area contributed by atoms with Crippen LogP contribution in [-0.4, -0.2) is 38.7 Å². The van der Waals surface area contributed by atoms with Crippen LogP contribution in [0.3, 0.4) is 0 Å². The maximum atomic E-state index is 11.7. The highest BCUT2D eigenvalue weighted by Gasteiger charge is 2.41. The molecule has 1 heterocycles. The molecule has 1 unspecified atom stereocenters. The lowest BCUT2D eigenvalue weighted by atomic mass is 10.1. The van der Waals surface area contributed by atoms with Gasteiger partial charge in [-0.2, -0.15) is 0 Å². The molecule has 0 radical (unpaired) electrons. The van der Waals surface area contributed by atoms with E-state index in [1.807, 2.05) is 0 Å². The summed E-state index contributed by atoms with van der Waals surface area (Å²) in [4.78, 5) is 24.3. The first-order valence-electron chi connectivity index (χ1n) is 6.00. The molecule has 1 fully saturated rings. The van der Waals surface area contributed by atoms with E-state index in [1.54, 1.807) is 0 Å². The topological polar surface area (TPSA) is 46.6 Å². The molecule has 0 bridgehead atoms. The predicted molar refractivity (Wildman–Crippen MR) is 69.0 cm³/mol. The molecule has 1 rings (SSSR count). The van der Waals surface area contributed by atoms with Gasteiger partial charge in [0.05, 0.1) is 5.92 Å². The zero-order valence-corrected chi connectivity index (χ0v) is 12.7. The van der Waals surface area contributed by atoms with Gasteiger partial charge in [-0.1, -0.05) is 20.8 Å². The molecule has 0 N–H and O–H groups in total. The summed E-state index contributed by atoms with van der Waals surface area (Å²) < 4.78 is 5.98. The summed E-state index contributed by atoms with van der Waals surface area (Å²) in [5.41, 5.74) is 0. The van der Waals surface area contributed by atoms with Gasteiger partial charge in [-0.05, 0) is 18.1 Å². The summed E-state index contributed by atoms with van der Waals surface area (Å²) >= 11 is 0. The average Bonchev–Trinajstić information content (AvgIpc) is 2.41. The zero-order chi connectivity index (χ0) is 13.4. The minimum absolute atomic E-state index is 0.0983. The van der Waals surface area contributed by atoms with Crippen molar-refractivity contribution in [3.63, 3.8) is 0 Å². The highest BCUT2D eigenvalue weighted by Crippen LogP contribution is 2.37. The molecular formula is C12H23NO3Si. The van der Waals surface area contributed by atoms with Gasteiger partial charge in [-0.15, -0.1) is 0 Å². The number of imide groups is 1. The standard InChI is InChI=1S/C12H23NO3Si/c1-12(2,3)17(5,6)16-8-9-7-10(14)13(4)11(9)15/h9H,7-8H2,1-6H3. The Hall–Kier alpha value is -0.683. The number of carbonyl (C=O) groups excluding carboxylic acids is 2. The number of hydrogen-bond acceptors (Lipinski definition) is 3. The fourth-order valence-electron chi connectivity index (χ4n) is 1.49. The van der Waals surface area contributed by atoms with Crippen LogP contribution in [-0.2, 0) is 14.0 Å². The van der Waals surface area contributed by atoms with Crippen LogP contribution in [0, 0.1) is 5.92 Å². The Bertz CT molecular complexity index is 333. The highest BCUT2D eigenvalue weighted by atomic mass is 28.4. The Balaban J connectivity index is 2.59. The minimum Gasteiger partial charge on any atom is -0.416 e. The minimum atomic E-state index is -1.83. The van der Waals surface area contributed by atoms with Crippen molar-refractivity contribution in [2.75, 3.05) is 13.7 Å². The van der Waals surface area contributed by atoms with Gasteiger partial charge in [0, 0.05) is 20.1 Å². The number of hydrogen-bond donors (Lipinski definition) is 0. The molecule has 0 saturated carbocycles. The van der Waals surface area contributed by atoms with E-state index in [1.165, 1.54) is 11.9 Å². The lowest BCUT2D eigenvalue weighted by Crippen LogP contribution is -2.42. The summed E-state index contributed by atoms with van der Waals surface area (Å²) in [7, 11) is -0.289. The molecule has 98 valence electrons. The van der Waals surface area contributed by atoms with Crippen molar-refractivity contribution in [2.24, 2.45) is 5.92 Å². The van der Waals surface area contributed by atoms with E-state index < -0.39 is 8.32 Å². The Morgan fingerprint density at radius 1 is 1.35 bits per heavy atom. The molecule has 1 aliphatic rings. The van der Waals surface area contributed by atoms with Crippen LogP contribution in [0.5, 0.6) is 0 Å². The molecule has 0 aliphatic carbocycles. The second-order valence-electron chi connectivity index (χ2n) is 6.26. The van der Waals surface area contributed by atoms with Gasteiger partial charge in [-0.3, -0.25) is 14.5 Å². The van der Waals surface area contributed by atoms with Crippen LogP contribution in [0.25, 0.3) is 0 Å². The number of likely N-dealkylation sites (tertiary alicyclic amines) is 1. The lowest BCUT2D eigenvalue weighted by Gasteiger charge is -2.36. The third-order valence-corrected chi connectivity index (χ3v) is 8.43. The quantitative estimate of drug-likeness (QED) is 0.574. The monoisotopic (exact) mass is 257 g/mol. The second-order valence-corrected chi connectivity index (χ2v) is 11.1. The van der Waals surface area contributed by atoms with Crippen LogP contribution in [0.1, 0.15) is 27.2 Å². The van der Waals surface area contributed by atoms with Crippen LogP contribution < -0.4 is 0 Å². The SMILES string of the molecule is CN1C(=O)CC(CO[Si](C)(C)C(C)(C)C)C1=O. The molecule has 0 aromatic rings. The van der Waals surface area contributed by atoms with Crippen molar-refractivity contribution < 1.29 is 14.0 Å². The fraction of sp³-hybridized carbons (Fsp3) is 0.833. The van der Waals surface area contributed by atoms with E-state index in [4.69, 9.17) is 4.43 Å². The van der Waals surface area contributed by atoms with Gasteiger partial charge in [0.25, 0.3) is 0 Å². The molecule has 0 spiro atoms. The van der Waals surface area contributed by atoms with Crippen molar-refractivity contribution in [3.05, 3.63) is 0 Å². The maximum Gasteiger partial charge on any atom is 0.234 e. The van der Waals surface area contributed by atoms with E-state index in [0.29, 0.717) is 13.0 Å². The van der Waals surface area contributed by atoms with E-state index in [-0.39, 0.29) is 22.8 Å². The summed E-state index contributed by atoms with van der Waals surface area (Å²) in [5, 5.41) is 0.130. The van der Waals surface area contributed by atoms with E-state index in [0.717, 1.165) is 0 Å². The van der Waals surface area contributed by atoms with E-state index in [9.17, 15) is 9.59 Å². The lowest BCUT2D eigenvalue weighted by molar-refractivity contribution is -0.137. The van der Waals surface area contributed by atoms with Crippen molar-refractivity contribution in [3.8, 4) is 0 Å². The first-order chi connectivity index (χ1) is 7.56. The molecule has 1 saturated heterocycles. The summed E-state index contributed by atoms with van der Waals surface area (Å²) in [5.74, 6) is -0.478. The zero-order valence-electron chi connectivity index (χ0n) is 11.7. The summed E-state index contributed by atoms with van der Waals surface area (Å²) in [6.07, 6.45) is 0.296. The molecule has 0 aromatic carbocycles. The number of carbonyl (C=O) groups is 2. The maximum absolute atomic E-state index is 11.7. The van der Waals surface area contributed by atoms with E-state index >= 15 is 0 Å². The Morgan fingerprint density at radius 3 is 2.24 bits per heavy atom. The second kappa shape index (κ2) is 4.53. The number of rotatable bonds is 3. The Labute approximate surface area is 104 Å². The van der Waals surface area contributed by atoms with Gasteiger partial charge in [0.15, 0.2) is 8.32 Å². The van der Waals surface area contributed by atoms with Gasteiger partial charge in [0.2, 0.25) is 11.8 Å². The number of amides is 2. The van der Waals surface area contributed by atoms with Crippen LogP contribution in [0.4, 0.5) is 0 Å². The molecular weight excluding hydrogens is 234 g/mol. The van der Waals surface area contributed by atoms with Crippen LogP contribution in [0.15, 0.2) is 0 Å². The van der Waals surface area contributed by atoms with Crippen LogP contribution >= 0.6 is 0 Å². The fourth-order valence-corrected chi connectivity index (χ4v) is 2.54. The molecule has 1 aliphatic heterocycles. The van der Waals surface area contributed by atoms with Gasteiger partial charge in [-0.25, -0.2) is 0 Å². The largest absolute Gasteiger partial charge is 0.416 e. The molecule has 17 heavy (non-hydrogen) atoms. The van der Waals surface area contributed by atoms with Crippen molar-refractivity contribution in [1.82, 2.24) is 4.90 Å². The van der Waals surface area contributed by atoms with Gasteiger partial charge in [0.1, 0.15) is 0 Å². The van der Waals surface area contributed by atoms with Gasteiger partial charge < -0.3 is 4.43 Å². The van der Waals surface area contributed by atoms with Crippen molar-refractivity contribution >= 4 is 20.1 Å². The summed E-state index contributed by atoms with van der Waals surface area (Å²) in [6.45, 7) is 11.2.